The Hall–Kier alpha value is -1.02. The van der Waals surface area contributed by atoms with E-state index in [0.29, 0.717) is 11.4 Å². The van der Waals surface area contributed by atoms with E-state index < -0.39 is 0 Å². The topological polar surface area (TPSA) is 20.3 Å². The zero-order valence-electron chi connectivity index (χ0n) is 9.50. The van der Waals surface area contributed by atoms with Gasteiger partial charge in [0.2, 0.25) is 0 Å². The van der Waals surface area contributed by atoms with Crippen molar-refractivity contribution in [2.45, 2.75) is 26.2 Å². The van der Waals surface area contributed by atoms with Crippen LogP contribution in [-0.4, -0.2) is 18.9 Å². The summed E-state index contributed by atoms with van der Waals surface area (Å²) in [5.74, 6) is 0.156. The Balaban J connectivity index is 2.31. The van der Waals surface area contributed by atoms with Gasteiger partial charge in [-0.3, -0.25) is 4.79 Å². The predicted octanol–water partition coefficient (Wildman–Crippen LogP) is 3.53. The maximum absolute atomic E-state index is 11.7. The second kappa shape index (κ2) is 4.88. The first-order valence-electron chi connectivity index (χ1n) is 5.79. The summed E-state index contributed by atoms with van der Waals surface area (Å²) in [4.78, 5) is 13.9. The van der Waals surface area contributed by atoms with Crippen LogP contribution < -0.4 is 4.90 Å². The lowest BCUT2D eigenvalue weighted by molar-refractivity contribution is 0.0988. The lowest BCUT2D eigenvalue weighted by Crippen LogP contribution is -2.18. The molecule has 0 saturated carbocycles. The van der Waals surface area contributed by atoms with Gasteiger partial charge in [0.25, 0.3) is 0 Å². The molecule has 0 spiro atoms. The number of carbonyl (C=O) groups excluding carboxylic acids is 1. The molecule has 2 rings (SSSR count). The van der Waals surface area contributed by atoms with Gasteiger partial charge in [0, 0.05) is 35.8 Å². The van der Waals surface area contributed by atoms with E-state index in [0.717, 1.165) is 24.3 Å². The highest BCUT2D eigenvalue weighted by Gasteiger charge is 2.14. The standard InChI is InChI=1S/C13H16ClNO/c1-2-13(16)10-7-11(14)9-12(8-10)15-5-3-4-6-15/h7-9H,2-6H2,1H3. The Morgan fingerprint density at radius 1 is 1.31 bits per heavy atom. The molecule has 3 heteroatoms. The second-order valence-corrected chi connectivity index (χ2v) is 4.61. The van der Waals surface area contributed by atoms with Gasteiger partial charge in [0.05, 0.1) is 0 Å². The average molecular weight is 238 g/mol. The maximum atomic E-state index is 11.7. The molecule has 2 nitrogen and oxygen atoms in total. The number of rotatable bonds is 3. The minimum atomic E-state index is 0.156. The molecule has 0 atom stereocenters. The molecule has 0 unspecified atom stereocenters. The molecule has 0 aliphatic carbocycles. The van der Waals surface area contributed by atoms with Crippen LogP contribution in [-0.2, 0) is 0 Å². The summed E-state index contributed by atoms with van der Waals surface area (Å²) >= 11 is 6.05. The molecule has 1 aliphatic heterocycles. The monoisotopic (exact) mass is 237 g/mol. The first-order valence-corrected chi connectivity index (χ1v) is 6.17. The van der Waals surface area contributed by atoms with Gasteiger partial charge in [-0.25, -0.2) is 0 Å². The van der Waals surface area contributed by atoms with Gasteiger partial charge in [-0.1, -0.05) is 18.5 Å². The summed E-state index contributed by atoms with van der Waals surface area (Å²) in [6.45, 7) is 4.01. The minimum absolute atomic E-state index is 0.156. The SMILES string of the molecule is CCC(=O)c1cc(Cl)cc(N2CCCC2)c1. The normalized spacial score (nSPS) is 15.5. The van der Waals surface area contributed by atoms with E-state index in [2.05, 4.69) is 4.90 Å². The van der Waals surface area contributed by atoms with Crippen molar-refractivity contribution in [2.24, 2.45) is 0 Å². The molecule has 1 heterocycles. The predicted molar refractivity (Wildman–Crippen MR) is 67.5 cm³/mol. The molecule has 1 aromatic carbocycles. The number of carbonyl (C=O) groups is 1. The maximum Gasteiger partial charge on any atom is 0.162 e. The largest absolute Gasteiger partial charge is 0.371 e. The number of Topliss-reactive ketones (excluding diaryl/α,β-unsaturated/α-hetero) is 1. The fourth-order valence-electron chi connectivity index (χ4n) is 2.10. The van der Waals surface area contributed by atoms with Crippen molar-refractivity contribution < 1.29 is 4.79 Å². The molecule has 1 fully saturated rings. The third-order valence-corrected chi connectivity index (χ3v) is 3.22. The zero-order chi connectivity index (χ0) is 11.5. The summed E-state index contributed by atoms with van der Waals surface area (Å²) in [6, 6.07) is 5.66. The van der Waals surface area contributed by atoms with Crippen LogP contribution in [0.15, 0.2) is 18.2 Å². The molecule has 1 aliphatic rings. The van der Waals surface area contributed by atoms with Crippen molar-refractivity contribution in [1.29, 1.82) is 0 Å². The zero-order valence-corrected chi connectivity index (χ0v) is 10.3. The van der Waals surface area contributed by atoms with Crippen LogP contribution in [0.2, 0.25) is 5.02 Å². The van der Waals surface area contributed by atoms with E-state index in [4.69, 9.17) is 11.6 Å². The van der Waals surface area contributed by atoms with Crippen LogP contribution in [0.25, 0.3) is 0 Å². The van der Waals surface area contributed by atoms with Crippen LogP contribution in [0.5, 0.6) is 0 Å². The van der Waals surface area contributed by atoms with Gasteiger partial charge in [0.15, 0.2) is 5.78 Å². The molecule has 86 valence electrons. The number of benzene rings is 1. The van der Waals surface area contributed by atoms with Gasteiger partial charge < -0.3 is 4.90 Å². The summed E-state index contributed by atoms with van der Waals surface area (Å²) < 4.78 is 0. The van der Waals surface area contributed by atoms with Crippen LogP contribution >= 0.6 is 11.6 Å². The van der Waals surface area contributed by atoms with Crippen molar-refractivity contribution in [1.82, 2.24) is 0 Å². The van der Waals surface area contributed by atoms with Crippen LogP contribution in [0.1, 0.15) is 36.5 Å². The van der Waals surface area contributed by atoms with Gasteiger partial charge >= 0.3 is 0 Å². The summed E-state index contributed by atoms with van der Waals surface area (Å²) in [6.07, 6.45) is 2.98. The van der Waals surface area contributed by atoms with Gasteiger partial charge in [-0.2, -0.15) is 0 Å². The van der Waals surface area contributed by atoms with Crippen molar-refractivity contribution in [2.75, 3.05) is 18.0 Å². The number of hydrogen-bond acceptors (Lipinski definition) is 2. The van der Waals surface area contributed by atoms with Gasteiger partial charge in [-0.15, -0.1) is 0 Å². The van der Waals surface area contributed by atoms with Crippen molar-refractivity contribution >= 4 is 23.1 Å². The molecule has 1 saturated heterocycles. The second-order valence-electron chi connectivity index (χ2n) is 4.17. The Kier molecular flexibility index (Phi) is 3.49. The van der Waals surface area contributed by atoms with E-state index in [1.807, 2.05) is 19.1 Å². The van der Waals surface area contributed by atoms with E-state index in [1.165, 1.54) is 12.8 Å². The fraction of sp³-hybridized carbons (Fsp3) is 0.462. The Bertz CT molecular complexity index is 397. The number of anilines is 1. The van der Waals surface area contributed by atoms with Gasteiger partial charge in [0.1, 0.15) is 0 Å². The van der Waals surface area contributed by atoms with Crippen molar-refractivity contribution in [3.63, 3.8) is 0 Å². The fourth-order valence-corrected chi connectivity index (χ4v) is 2.33. The molecular formula is C13H16ClNO. The summed E-state index contributed by atoms with van der Waals surface area (Å²) in [5.41, 5.74) is 1.82. The van der Waals surface area contributed by atoms with Crippen LogP contribution in [0, 0.1) is 0 Å². The lowest BCUT2D eigenvalue weighted by Gasteiger charge is -2.18. The number of hydrogen-bond donors (Lipinski definition) is 0. The Morgan fingerprint density at radius 2 is 2.00 bits per heavy atom. The molecule has 0 bridgehead atoms. The molecule has 0 amide bonds. The summed E-state index contributed by atoms with van der Waals surface area (Å²) in [5, 5.41) is 0.654. The van der Waals surface area contributed by atoms with Crippen LogP contribution in [0.4, 0.5) is 5.69 Å². The average Bonchev–Trinajstić information content (AvgIpc) is 2.80. The number of halogens is 1. The molecule has 1 aromatic rings. The smallest absolute Gasteiger partial charge is 0.162 e. The quantitative estimate of drug-likeness (QED) is 0.750. The van der Waals surface area contributed by atoms with E-state index in [9.17, 15) is 4.79 Å². The summed E-state index contributed by atoms with van der Waals surface area (Å²) in [7, 11) is 0. The third-order valence-electron chi connectivity index (χ3n) is 3.00. The Morgan fingerprint density at radius 3 is 2.62 bits per heavy atom. The highest BCUT2D eigenvalue weighted by Crippen LogP contribution is 2.26. The number of ketones is 1. The number of nitrogens with zero attached hydrogens (tertiary/aromatic N) is 1. The molecular weight excluding hydrogens is 222 g/mol. The first-order chi connectivity index (χ1) is 7.70. The van der Waals surface area contributed by atoms with Crippen molar-refractivity contribution in [3.05, 3.63) is 28.8 Å². The molecule has 0 N–H and O–H groups in total. The highest BCUT2D eigenvalue weighted by atomic mass is 35.5. The molecule has 0 radical (unpaired) electrons. The van der Waals surface area contributed by atoms with Gasteiger partial charge in [-0.05, 0) is 31.0 Å². The van der Waals surface area contributed by atoms with E-state index in [-0.39, 0.29) is 5.78 Å². The highest BCUT2D eigenvalue weighted by molar-refractivity contribution is 6.31. The first kappa shape index (κ1) is 11.5. The molecule has 0 aromatic heterocycles. The molecule has 16 heavy (non-hydrogen) atoms. The lowest BCUT2D eigenvalue weighted by atomic mass is 10.1. The third kappa shape index (κ3) is 2.38. The van der Waals surface area contributed by atoms with Crippen LogP contribution in [0.3, 0.4) is 0 Å². The minimum Gasteiger partial charge on any atom is -0.371 e. The Labute approximate surface area is 101 Å². The van der Waals surface area contributed by atoms with Crippen molar-refractivity contribution in [3.8, 4) is 0 Å². The van der Waals surface area contributed by atoms with E-state index in [1.54, 1.807) is 6.07 Å². The van der Waals surface area contributed by atoms with E-state index >= 15 is 0 Å².